The number of amides is 1. The fourth-order valence-electron chi connectivity index (χ4n) is 2.46. The molecule has 1 aliphatic rings. The normalized spacial score (nSPS) is 16.0. The Bertz CT molecular complexity index is 645. The first-order valence-corrected chi connectivity index (χ1v) is 9.63. The fraction of sp³-hybridized carbons (Fsp3) is 0.562. The second kappa shape index (κ2) is 9.14. The number of para-hydroxylation sites is 1. The summed E-state index contributed by atoms with van der Waals surface area (Å²) in [6.45, 7) is 4.05. The first-order valence-electron chi connectivity index (χ1n) is 8.23. The zero-order valence-electron chi connectivity index (χ0n) is 14.7. The highest BCUT2D eigenvalue weighted by atomic mass is 32.2. The average molecular weight is 370 g/mol. The average Bonchev–Trinajstić information content (AvgIpc) is 2.61. The van der Waals surface area contributed by atoms with Crippen molar-refractivity contribution in [1.82, 2.24) is 14.5 Å². The van der Waals surface area contributed by atoms with E-state index in [1.165, 1.54) is 14.1 Å². The molecule has 1 heterocycles. The Morgan fingerprint density at radius 2 is 1.84 bits per heavy atom. The molecule has 0 aliphatic carbocycles. The van der Waals surface area contributed by atoms with Crippen molar-refractivity contribution in [2.75, 3.05) is 64.3 Å². The number of anilines is 1. The van der Waals surface area contributed by atoms with E-state index in [1.54, 1.807) is 30.3 Å². The molecule has 0 unspecified atom stereocenters. The Hall–Kier alpha value is -1.68. The molecule has 0 spiro atoms. The summed E-state index contributed by atoms with van der Waals surface area (Å²) in [5.41, 5.74) is 0.458. The van der Waals surface area contributed by atoms with Crippen LogP contribution in [0.25, 0.3) is 0 Å². The molecule has 1 aromatic rings. The lowest BCUT2D eigenvalue weighted by atomic mass is 10.3. The van der Waals surface area contributed by atoms with Crippen LogP contribution in [0.15, 0.2) is 30.3 Å². The van der Waals surface area contributed by atoms with Gasteiger partial charge in [0.05, 0.1) is 18.9 Å². The summed E-state index contributed by atoms with van der Waals surface area (Å²) < 4.78 is 32.6. The summed E-state index contributed by atoms with van der Waals surface area (Å²) in [4.78, 5) is 14.5. The van der Waals surface area contributed by atoms with E-state index >= 15 is 0 Å². The molecule has 25 heavy (non-hydrogen) atoms. The van der Waals surface area contributed by atoms with E-state index in [9.17, 15) is 13.2 Å². The van der Waals surface area contributed by atoms with Gasteiger partial charge >= 0.3 is 10.2 Å². The van der Waals surface area contributed by atoms with Gasteiger partial charge in [0, 0.05) is 40.3 Å². The maximum absolute atomic E-state index is 12.5. The molecule has 1 saturated heterocycles. The van der Waals surface area contributed by atoms with Crippen LogP contribution in [-0.2, 0) is 19.7 Å². The van der Waals surface area contributed by atoms with E-state index in [-0.39, 0.29) is 12.5 Å². The van der Waals surface area contributed by atoms with Crippen LogP contribution in [0.4, 0.5) is 5.69 Å². The van der Waals surface area contributed by atoms with E-state index in [0.717, 1.165) is 28.2 Å². The van der Waals surface area contributed by atoms with Crippen LogP contribution >= 0.6 is 0 Å². The summed E-state index contributed by atoms with van der Waals surface area (Å²) >= 11 is 0. The highest BCUT2D eigenvalue weighted by Gasteiger charge is 2.27. The van der Waals surface area contributed by atoms with Crippen LogP contribution in [0.3, 0.4) is 0 Å². The third-order valence-electron chi connectivity index (χ3n) is 3.93. The van der Waals surface area contributed by atoms with Crippen molar-refractivity contribution in [3.63, 3.8) is 0 Å². The van der Waals surface area contributed by atoms with Gasteiger partial charge in [0.1, 0.15) is 6.54 Å². The summed E-state index contributed by atoms with van der Waals surface area (Å²) in [7, 11) is -0.862. The van der Waals surface area contributed by atoms with Gasteiger partial charge in [-0.15, -0.1) is 0 Å². The second-order valence-electron chi connectivity index (χ2n) is 5.94. The van der Waals surface area contributed by atoms with Gasteiger partial charge in [-0.2, -0.15) is 12.7 Å². The third kappa shape index (κ3) is 5.67. The fourth-order valence-corrected chi connectivity index (χ4v) is 3.52. The molecule has 0 radical (unpaired) electrons. The Kier molecular flexibility index (Phi) is 7.18. The number of nitrogens with zero attached hydrogens (tertiary/aromatic N) is 3. The summed E-state index contributed by atoms with van der Waals surface area (Å²) in [6.07, 6.45) is 0. The lowest BCUT2D eigenvalue weighted by Gasteiger charge is -2.28. The van der Waals surface area contributed by atoms with Gasteiger partial charge < -0.3 is 10.1 Å². The number of benzene rings is 1. The number of nitrogens with one attached hydrogen (secondary N) is 1. The molecule has 1 amide bonds. The molecule has 0 atom stereocenters. The minimum Gasteiger partial charge on any atom is -0.379 e. The van der Waals surface area contributed by atoms with Crippen LogP contribution < -0.4 is 9.62 Å². The molecular formula is C16H26N4O4S. The van der Waals surface area contributed by atoms with E-state index in [1.807, 2.05) is 0 Å². The van der Waals surface area contributed by atoms with E-state index in [0.29, 0.717) is 25.4 Å². The van der Waals surface area contributed by atoms with Crippen LogP contribution in [0.5, 0.6) is 0 Å². The van der Waals surface area contributed by atoms with Crippen LogP contribution in [0.1, 0.15) is 0 Å². The van der Waals surface area contributed by atoms with E-state index in [2.05, 4.69) is 10.2 Å². The van der Waals surface area contributed by atoms with Crippen molar-refractivity contribution in [1.29, 1.82) is 0 Å². The minimum absolute atomic E-state index is 0.256. The van der Waals surface area contributed by atoms with Gasteiger partial charge in [-0.3, -0.25) is 9.69 Å². The predicted octanol–water partition coefficient (Wildman–Crippen LogP) is -0.252. The monoisotopic (exact) mass is 370 g/mol. The molecule has 1 aliphatic heterocycles. The first-order chi connectivity index (χ1) is 11.9. The summed E-state index contributed by atoms with van der Waals surface area (Å²) in [5.74, 6) is -0.331. The smallest absolute Gasteiger partial charge is 0.304 e. The zero-order chi connectivity index (χ0) is 18.3. The molecule has 1 fully saturated rings. The number of ether oxygens (including phenoxy) is 1. The quantitative estimate of drug-likeness (QED) is 0.682. The lowest BCUT2D eigenvalue weighted by molar-refractivity contribution is -0.119. The van der Waals surface area contributed by atoms with Gasteiger partial charge in [0.25, 0.3) is 0 Å². The molecule has 9 heteroatoms. The SMILES string of the molecule is CN(C)S(=O)(=O)N(CC(=O)NCCN1CCOCC1)c1ccccc1. The number of morpholine rings is 1. The van der Waals surface area contributed by atoms with Crippen molar-refractivity contribution < 1.29 is 17.9 Å². The third-order valence-corrected chi connectivity index (χ3v) is 5.75. The van der Waals surface area contributed by atoms with Crippen molar-refractivity contribution >= 4 is 21.8 Å². The molecule has 2 rings (SSSR count). The minimum atomic E-state index is -3.75. The maximum Gasteiger partial charge on any atom is 0.304 e. The topological polar surface area (TPSA) is 82.2 Å². The number of carbonyl (C=O) groups is 1. The molecular weight excluding hydrogens is 344 g/mol. The van der Waals surface area contributed by atoms with Gasteiger partial charge in [0.15, 0.2) is 0 Å². The zero-order valence-corrected chi connectivity index (χ0v) is 15.5. The van der Waals surface area contributed by atoms with Gasteiger partial charge in [-0.1, -0.05) is 18.2 Å². The lowest BCUT2D eigenvalue weighted by Crippen LogP contribution is -2.47. The van der Waals surface area contributed by atoms with Crippen LogP contribution in [0.2, 0.25) is 0 Å². The second-order valence-corrected chi connectivity index (χ2v) is 8.00. The molecule has 140 valence electrons. The van der Waals surface area contributed by atoms with Gasteiger partial charge in [-0.25, -0.2) is 4.31 Å². The molecule has 0 saturated carbocycles. The number of carbonyl (C=O) groups excluding carboxylic acids is 1. The highest BCUT2D eigenvalue weighted by molar-refractivity contribution is 7.90. The Labute approximate surface area is 149 Å². The maximum atomic E-state index is 12.5. The number of hydrogen-bond acceptors (Lipinski definition) is 5. The molecule has 8 nitrogen and oxygen atoms in total. The van der Waals surface area contributed by atoms with Crippen molar-refractivity contribution in [2.45, 2.75) is 0 Å². The molecule has 0 bridgehead atoms. The Morgan fingerprint density at radius 3 is 2.44 bits per heavy atom. The standard InChI is InChI=1S/C16H26N4O4S/c1-18(2)25(22,23)20(15-6-4-3-5-7-15)14-16(21)17-8-9-19-10-12-24-13-11-19/h3-7H,8-14H2,1-2H3,(H,17,21). The largest absolute Gasteiger partial charge is 0.379 e. The number of hydrogen-bond donors (Lipinski definition) is 1. The Balaban J connectivity index is 1.95. The summed E-state index contributed by atoms with van der Waals surface area (Å²) in [5, 5.41) is 2.80. The van der Waals surface area contributed by atoms with E-state index in [4.69, 9.17) is 4.74 Å². The highest BCUT2D eigenvalue weighted by Crippen LogP contribution is 2.18. The number of rotatable bonds is 8. The molecule has 1 aromatic carbocycles. The van der Waals surface area contributed by atoms with Crippen LogP contribution in [-0.4, -0.2) is 83.6 Å². The Morgan fingerprint density at radius 1 is 1.20 bits per heavy atom. The van der Waals surface area contributed by atoms with Gasteiger partial charge in [-0.05, 0) is 12.1 Å². The summed E-state index contributed by atoms with van der Waals surface area (Å²) in [6, 6.07) is 8.62. The predicted molar refractivity (Wildman–Crippen MR) is 96.7 cm³/mol. The van der Waals surface area contributed by atoms with Crippen molar-refractivity contribution in [2.24, 2.45) is 0 Å². The van der Waals surface area contributed by atoms with Crippen molar-refractivity contribution in [3.8, 4) is 0 Å². The molecule has 1 N–H and O–H groups in total. The first kappa shape index (κ1) is 19.6. The van der Waals surface area contributed by atoms with Crippen LogP contribution in [0, 0.1) is 0 Å². The van der Waals surface area contributed by atoms with E-state index < -0.39 is 10.2 Å². The molecule has 0 aromatic heterocycles. The van der Waals surface area contributed by atoms with Gasteiger partial charge in [0.2, 0.25) is 5.91 Å². The van der Waals surface area contributed by atoms with Crippen molar-refractivity contribution in [3.05, 3.63) is 30.3 Å².